The lowest BCUT2D eigenvalue weighted by Gasteiger charge is -2.34. The van der Waals surface area contributed by atoms with Crippen LogP contribution >= 0.6 is 11.3 Å². The van der Waals surface area contributed by atoms with E-state index in [-0.39, 0.29) is 17.5 Å². The number of carbonyl (C=O) groups is 1. The Morgan fingerprint density at radius 2 is 2.16 bits per heavy atom. The summed E-state index contributed by atoms with van der Waals surface area (Å²) in [6.45, 7) is 7.04. The van der Waals surface area contributed by atoms with Crippen molar-refractivity contribution in [1.29, 1.82) is 0 Å². The number of hydrogen-bond donors (Lipinski definition) is 1. The monoisotopic (exact) mass is 439 g/mol. The molecule has 0 radical (unpaired) electrons. The number of carbonyl (C=O) groups excluding carboxylic acids is 1. The minimum absolute atomic E-state index is 0.0221. The predicted octanol–water partition coefficient (Wildman–Crippen LogP) is 3.41. The van der Waals surface area contributed by atoms with Crippen LogP contribution in [0.4, 0.5) is 0 Å². The summed E-state index contributed by atoms with van der Waals surface area (Å²) in [4.78, 5) is 37.1. The Bertz CT molecular complexity index is 1180. The topological polar surface area (TPSA) is 73.7 Å². The van der Waals surface area contributed by atoms with E-state index in [1.54, 1.807) is 4.52 Å². The van der Waals surface area contributed by atoms with Gasteiger partial charge in [-0.1, -0.05) is 13.3 Å². The van der Waals surface area contributed by atoms with E-state index < -0.39 is 0 Å². The molecule has 1 N–H and O–H groups in total. The van der Waals surface area contributed by atoms with E-state index in [9.17, 15) is 9.59 Å². The van der Waals surface area contributed by atoms with E-state index in [0.717, 1.165) is 36.5 Å². The molecule has 0 aliphatic carbocycles. The molecule has 0 aromatic carbocycles. The van der Waals surface area contributed by atoms with Gasteiger partial charge in [-0.15, -0.1) is 11.3 Å². The number of aromatic amines is 1. The molecule has 31 heavy (non-hydrogen) atoms. The SMILES string of the molecule is CCC(=O)N1CCc2c(nc3cc([C@H]4CCCCN4Cc4ccc(C)s4)[nH]n3c2=O)C1. The van der Waals surface area contributed by atoms with E-state index in [1.807, 2.05) is 29.2 Å². The number of piperidine rings is 1. The van der Waals surface area contributed by atoms with E-state index in [1.165, 1.54) is 22.6 Å². The van der Waals surface area contributed by atoms with Crippen LogP contribution in [0.3, 0.4) is 0 Å². The highest BCUT2D eigenvalue weighted by Crippen LogP contribution is 2.33. The third-order valence-electron chi connectivity index (χ3n) is 6.57. The summed E-state index contributed by atoms with van der Waals surface area (Å²) in [6, 6.07) is 6.70. The molecule has 3 aromatic heterocycles. The van der Waals surface area contributed by atoms with Gasteiger partial charge in [-0.05, 0) is 44.9 Å². The van der Waals surface area contributed by atoms with Gasteiger partial charge in [-0.25, -0.2) is 9.50 Å². The molecule has 5 rings (SSSR count). The number of aromatic nitrogens is 3. The zero-order chi connectivity index (χ0) is 21.5. The highest BCUT2D eigenvalue weighted by Gasteiger charge is 2.28. The normalized spacial score (nSPS) is 19.7. The lowest BCUT2D eigenvalue weighted by molar-refractivity contribution is -0.131. The molecule has 0 saturated carbocycles. The van der Waals surface area contributed by atoms with Crippen molar-refractivity contribution in [2.24, 2.45) is 0 Å². The van der Waals surface area contributed by atoms with Crippen LogP contribution in [0.5, 0.6) is 0 Å². The number of hydrogen-bond acceptors (Lipinski definition) is 5. The highest BCUT2D eigenvalue weighted by molar-refractivity contribution is 7.11. The van der Waals surface area contributed by atoms with Crippen molar-refractivity contribution in [3.05, 3.63) is 55.3 Å². The first-order valence-electron chi connectivity index (χ1n) is 11.2. The van der Waals surface area contributed by atoms with Crippen LogP contribution in [0.25, 0.3) is 5.65 Å². The summed E-state index contributed by atoms with van der Waals surface area (Å²) in [5.41, 5.74) is 3.17. The van der Waals surface area contributed by atoms with Crippen molar-refractivity contribution >= 4 is 22.9 Å². The standard InChI is InChI=1S/C23H29N5O2S/c1-3-22(29)27-11-9-17-19(14-27)24-21-12-18(25-28(21)23(17)30)20-6-4-5-10-26(20)13-16-8-7-15(2)31-16/h7-8,12,20,25H,3-6,9-11,13-14H2,1-2H3/t20-/m1/s1. The Morgan fingerprint density at radius 3 is 2.94 bits per heavy atom. The Kier molecular flexibility index (Phi) is 5.44. The Labute approximate surface area is 185 Å². The second-order valence-corrected chi connectivity index (χ2v) is 10.0. The van der Waals surface area contributed by atoms with Crippen molar-refractivity contribution in [3.8, 4) is 0 Å². The van der Waals surface area contributed by atoms with E-state index in [2.05, 4.69) is 29.1 Å². The maximum absolute atomic E-state index is 13.2. The fourth-order valence-corrected chi connectivity index (χ4v) is 5.84. The molecular formula is C23H29N5O2S. The maximum Gasteiger partial charge on any atom is 0.276 e. The lowest BCUT2D eigenvalue weighted by Crippen LogP contribution is -2.39. The number of fused-ring (bicyclic) bond motifs is 2. The van der Waals surface area contributed by atoms with Crippen molar-refractivity contribution < 1.29 is 4.79 Å². The first-order chi connectivity index (χ1) is 15.0. The number of H-pyrrole nitrogens is 1. The fourth-order valence-electron chi connectivity index (χ4n) is 4.92. The van der Waals surface area contributed by atoms with Crippen molar-refractivity contribution in [2.45, 2.75) is 65.1 Å². The summed E-state index contributed by atoms with van der Waals surface area (Å²) >= 11 is 1.86. The van der Waals surface area contributed by atoms with E-state index in [0.29, 0.717) is 31.6 Å². The van der Waals surface area contributed by atoms with Gasteiger partial charge in [0.25, 0.3) is 5.56 Å². The number of aryl methyl sites for hydroxylation is 1. The third-order valence-corrected chi connectivity index (χ3v) is 7.55. The zero-order valence-electron chi connectivity index (χ0n) is 18.2. The van der Waals surface area contributed by atoms with Gasteiger partial charge in [-0.2, -0.15) is 0 Å². The molecule has 1 saturated heterocycles. The fraction of sp³-hybridized carbons (Fsp3) is 0.522. The Morgan fingerprint density at radius 1 is 1.29 bits per heavy atom. The van der Waals surface area contributed by atoms with Gasteiger partial charge in [0.15, 0.2) is 5.65 Å². The Balaban J connectivity index is 1.47. The number of amides is 1. The van der Waals surface area contributed by atoms with Gasteiger partial charge < -0.3 is 4.90 Å². The summed E-state index contributed by atoms with van der Waals surface area (Å²) in [6.07, 6.45) is 4.51. The third kappa shape index (κ3) is 3.83. The van der Waals surface area contributed by atoms with Gasteiger partial charge >= 0.3 is 0 Å². The minimum atomic E-state index is -0.0221. The smallest absolute Gasteiger partial charge is 0.276 e. The zero-order valence-corrected chi connectivity index (χ0v) is 19.0. The summed E-state index contributed by atoms with van der Waals surface area (Å²) in [5, 5.41) is 3.37. The van der Waals surface area contributed by atoms with E-state index in [4.69, 9.17) is 4.98 Å². The molecule has 1 fully saturated rings. The quantitative estimate of drug-likeness (QED) is 0.676. The Hall–Kier alpha value is -2.45. The first kappa shape index (κ1) is 20.5. The van der Waals surface area contributed by atoms with Gasteiger partial charge in [0.2, 0.25) is 5.91 Å². The number of nitrogens with one attached hydrogen (secondary N) is 1. The second kappa shape index (κ2) is 8.24. The molecule has 164 valence electrons. The number of thiophene rings is 1. The van der Waals surface area contributed by atoms with Crippen LogP contribution in [0.15, 0.2) is 23.0 Å². The molecule has 0 spiro atoms. The molecule has 0 bridgehead atoms. The molecule has 7 nitrogen and oxygen atoms in total. The van der Waals surface area contributed by atoms with Crippen LogP contribution in [0.1, 0.15) is 65.4 Å². The lowest BCUT2D eigenvalue weighted by atomic mass is 9.99. The molecule has 2 aliphatic rings. The highest BCUT2D eigenvalue weighted by atomic mass is 32.1. The van der Waals surface area contributed by atoms with Crippen LogP contribution in [-0.4, -0.2) is 43.4 Å². The van der Waals surface area contributed by atoms with Crippen molar-refractivity contribution in [2.75, 3.05) is 13.1 Å². The maximum atomic E-state index is 13.2. The molecule has 2 aliphatic heterocycles. The first-order valence-corrected chi connectivity index (χ1v) is 12.1. The average molecular weight is 440 g/mol. The van der Waals surface area contributed by atoms with Crippen LogP contribution in [-0.2, 0) is 24.3 Å². The molecule has 1 atom stereocenters. The molecule has 1 amide bonds. The largest absolute Gasteiger partial charge is 0.336 e. The summed E-state index contributed by atoms with van der Waals surface area (Å²) in [7, 11) is 0. The van der Waals surface area contributed by atoms with Gasteiger partial charge in [-0.3, -0.25) is 19.6 Å². The van der Waals surface area contributed by atoms with Gasteiger partial charge in [0.1, 0.15) is 0 Å². The number of rotatable bonds is 4. The second-order valence-electron chi connectivity index (χ2n) is 8.66. The van der Waals surface area contributed by atoms with Gasteiger partial charge in [0.05, 0.1) is 24.0 Å². The molecule has 0 unspecified atom stereocenters. The van der Waals surface area contributed by atoms with Gasteiger partial charge in [0, 0.05) is 40.9 Å². The number of nitrogens with zero attached hydrogens (tertiary/aromatic N) is 4. The predicted molar refractivity (Wildman–Crippen MR) is 121 cm³/mol. The minimum Gasteiger partial charge on any atom is -0.336 e. The molecule has 8 heteroatoms. The summed E-state index contributed by atoms with van der Waals surface area (Å²) in [5.74, 6) is 0.115. The van der Waals surface area contributed by atoms with Crippen LogP contribution in [0.2, 0.25) is 0 Å². The van der Waals surface area contributed by atoms with Crippen LogP contribution < -0.4 is 5.56 Å². The van der Waals surface area contributed by atoms with E-state index >= 15 is 0 Å². The molecule has 5 heterocycles. The number of likely N-dealkylation sites (tertiary alicyclic amines) is 1. The van der Waals surface area contributed by atoms with Crippen LogP contribution in [0, 0.1) is 6.92 Å². The summed E-state index contributed by atoms with van der Waals surface area (Å²) < 4.78 is 1.60. The van der Waals surface area contributed by atoms with Crippen molar-refractivity contribution in [3.63, 3.8) is 0 Å². The van der Waals surface area contributed by atoms with Crippen molar-refractivity contribution in [1.82, 2.24) is 24.4 Å². The average Bonchev–Trinajstić information content (AvgIpc) is 3.39. The molecule has 3 aromatic rings. The molecular weight excluding hydrogens is 410 g/mol.